The quantitative estimate of drug-likeness (QED) is 0.0706. The number of rotatable bonds is 12. The Bertz CT molecular complexity index is 2340. The van der Waals surface area contributed by atoms with Crippen LogP contribution in [0.2, 0.25) is 54.4 Å². The first kappa shape index (κ1) is 69.4. The number of ketones is 1. The summed E-state index contributed by atoms with van der Waals surface area (Å²) in [4.78, 5) is 29.1. The number of benzene rings is 1. The van der Waals surface area contributed by atoms with E-state index >= 15 is 0 Å². The molecular formula is C68H115IO11Si3. The molecule has 0 aromatic heterocycles. The molecule has 1 aliphatic carbocycles. The van der Waals surface area contributed by atoms with Crippen molar-refractivity contribution in [3.05, 3.63) is 60.2 Å². The third kappa shape index (κ3) is 16.7. The Hall–Kier alpha value is -1.10. The van der Waals surface area contributed by atoms with E-state index in [1.54, 1.807) is 0 Å². The fourth-order valence-corrected chi connectivity index (χ4v) is 18.5. The monoisotopic (exact) mass is 1320 g/mol. The van der Waals surface area contributed by atoms with Gasteiger partial charge >= 0.3 is 5.97 Å². The molecule has 3 unspecified atom stereocenters. The summed E-state index contributed by atoms with van der Waals surface area (Å²) >= 11 is 2.56. The molecule has 7 heterocycles. The minimum Gasteiger partial charge on any atom is -0.455 e. The number of alkyl halides is 1. The van der Waals surface area contributed by atoms with Gasteiger partial charge in [-0.1, -0.05) is 150 Å². The molecule has 0 amide bonds. The molecule has 0 radical (unpaired) electrons. The largest absolute Gasteiger partial charge is 0.455 e. The Morgan fingerprint density at radius 1 is 0.747 bits per heavy atom. The smallest absolute Gasteiger partial charge is 0.338 e. The van der Waals surface area contributed by atoms with Crippen molar-refractivity contribution >= 4 is 59.3 Å². The molecule has 19 atom stereocenters. The van der Waals surface area contributed by atoms with Gasteiger partial charge in [0.2, 0.25) is 0 Å². The number of fused-ring (bicyclic) bond motifs is 2. The molecular weight excluding hydrogens is 1200 g/mol. The van der Waals surface area contributed by atoms with E-state index in [4.69, 9.17) is 37.0 Å². The normalized spacial score (nSPS) is 37.5. The summed E-state index contributed by atoms with van der Waals surface area (Å²) in [7, 11) is -7.74. The molecule has 5 fully saturated rings. The molecule has 1 aromatic carbocycles. The lowest BCUT2D eigenvalue weighted by atomic mass is 9.78. The zero-order valence-electron chi connectivity index (χ0n) is 55.2. The summed E-state index contributed by atoms with van der Waals surface area (Å²) in [5.74, 6) is 1.25. The average molecular weight is 1320 g/mol. The van der Waals surface area contributed by atoms with Gasteiger partial charge in [-0.25, -0.2) is 4.79 Å². The number of Topliss-reactive ketones (excluding diaryl/α,β-unsaturated/α-hetero) is 1. The molecule has 7 bridgehead atoms. The van der Waals surface area contributed by atoms with E-state index in [2.05, 4.69) is 171 Å². The highest BCUT2D eigenvalue weighted by atomic mass is 127. The van der Waals surface area contributed by atoms with Crippen LogP contribution < -0.4 is 0 Å². The average Bonchev–Trinajstić information content (AvgIpc) is 3.86. The summed E-state index contributed by atoms with van der Waals surface area (Å²) in [6.07, 6.45) is 9.94. The molecule has 15 heteroatoms. The van der Waals surface area contributed by atoms with Crippen LogP contribution in [0.25, 0.3) is 0 Å². The lowest BCUT2D eigenvalue weighted by Gasteiger charge is -2.56. The zero-order valence-corrected chi connectivity index (χ0v) is 60.3. The maximum absolute atomic E-state index is 14.9. The van der Waals surface area contributed by atoms with E-state index < -0.39 is 67.7 Å². The molecule has 472 valence electrons. The Morgan fingerprint density at radius 2 is 1.35 bits per heavy atom. The first-order valence-corrected chi connectivity index (χ1v) is 42.8. The number of esters is 1. The van der Waals surface area contributed by atoms with Crippen LogP contribution in [-0.2, 0) is 41.8 Å². The van der Waals surface area contributed by atoms with E-state index in [1.165, 1.54) is 0 Å². The van der Waals surface area contributed by atoms with Crippen molar-refractivity contribution in [2.24, 2.45) is 35.5 Å². The van der Waals surface area contributed by atoms with Crippen molar-refractivity contribution in [1.29, 1.82) is 0 Å². The first-order valence-electron chi connectivity index (χ1n) is 32.5. The Morgan fingerprint density at radius 3 is 1.95 bits per heavy atom. The molecule has 11 nitrogen and oxygen atoms in total. The van der Waals surface area contributed by atoms with Gasteiger partial charge in [0.25, 0.3) is 0 Å². The van der Waals surface area contributed by atoms with Crippen LogP contribution in [0.1, 0.15) is 190 Å². The highest BCUT2D eigenvalue weighted by Crippen LogP contribution is 2.53. The SMILES string of the molecule is C=C1[C@H](C)CC2CC[C@@H]3C[C@@H](CCC(OC(=O)c4ccccc4)/C=C/[C@H](O[Si](C)(C)C(C)(C)C)[C@@H]4O[C@H]5CC[C@H](CC(=O)CC6[C@H](C[C@H]1O)O[C@H](C[C@H](C)CC)[C@@H]6C)O[C@@H]5[C@H](O[Si](C)(C)C(C)(C)C)[C@@H]4O[Si](C)(C)C(C)(C)C)C[C@]3(CI)O2. The summed E-state index contributed by atoms with van der Waals surface area (Å²) in [6, 6.07) is 9.34. The van der Waals surface area contributed by atoms with Crippen LogP contribution >= 0.6 is 22.6 Å². The van der Waals surface area contributed by atoms with Gasteiger partial charge in [-0.2, -0.15) is 0 Å². The van der Waals surface area contributed by atoms with Gasteiger partial charge in [-0.05, 0) is 178 Å². The van der Waals surface area contributed by atoms with Crippen molar-refractivity contribution in [2.75, 3.05) is 4.43 Å². The second kappa shape index (κ2) is 27.6. The topological polar surface area (TPSA) is 128 Å². The molecule has 1 saturated carbocycles. The highest BCUT2D eigenvalue weighted by Gasteiger charge is 2.59. The van der Waals surface area contributed by atoms with Crippen molar-refractivity contribution in [2.45, 2.75) is 313 Å². The highest BCUT2D eigenvalue weighted by molar-refractivity contribution is 14.1. The second-order valence-corrected chi connectivity index (χ2v) is 46.7. The molecule has 8 aliphatic rings. The molecule has 4 saturated heterocycles. The van der Waals surface area contributed by atoms with Gasteiger partial charge < -0.3 is 42.1 Å². The minimum absolute atomic E-state index is 0.00819. The summed E-state index contributed by atoms with van der Waals surface area (Å²) < 4.78 is 60.2. The molecule has 83 heavy (non-hydrogen) atoms. The molecule has 1 N–H and O–H groups in total. The number of aliphatic hydroxyl groups excluding tert-OH is 1. The molecule has 7 aliphatic heterocycles. The maximum Gasteiger partial charge on any atom is 0.338 e. The fraction of sp³-hybridized carbons (Fsp3) is 0.824. The standard InChI is InChI=1S/C68H115IO11Si3/c1-21-43(2)35-58-46(5)54-39-50(70)38-52-32-33-56-60(73-52)62(79-82(17,18)66(9,10)11)63(80-83(19,20)67(12,13)14)61(76-56)57(78-81(15,16)65(6,7)8)34-31-51(74-64(72)48-25-23-22-24-26-48)29-27-47-37-49-28-30-53(77-68(49,41-47)42-69)36-44(3)45(4)55(71)40-59(54)75-58/h22-26,31,34,43-44,46-47,49,51-63,71H,4,21,27-30,32-33,35-42H2,1-3,5-20H3/b34-31+/t43-,44-,46-,47-,49-,51?,52-,53?,54?,55-,56+,57+,58-,59+,60+,61+,62+,63-,68-/m1/s1. The number of carbonyl (C=O) groups is 2. The Labute approximate surface area is 520 Å². The van der Waals surface area contributed by atoms with Crippen LogP contribution in [0.4, 0.5) is 0 Å². The molecule has 0 spiro atoms. The Kier molecular flexibility index (Phi) is 23.0. The number of halogens is 1. The van der Waals surface area contributed by atoms with Crippen LogP contribution in [-0.4, -0.2) is 125 Å². The van der Waals surface area contributed by atoms with Crippen LogP contribution in [0.5, 0.6) is 0 Å². The number of hydrogen-bond donors (Lipinski definition) is 1. The summed E-state index contributed by atoms with van der Waals surface area (Å²) in [5.41, 5.74) is 1.09. The number of hydrogen-bond acceptors (Lipinski definition) is 11. The van der Waals surface area contributed by atoms with E-state index in [9.17, 15) is 14.7 Å². The number of carbonyl (C=O) groups excluding carboxylic acids is 2. The fourth-order valence-electron chi connectivity index (χ4n) is 13.6. The van der Waals surface area contributed by atoms with Gasteiger partial charge in [0.15, 0.2) is 25.0 Å². The lowest BCUT2D eigenvalue weighted by molar-refractivity contribution is -0.266. The van der Waals surface area contributed by atoms with E-state index in [1.807, 2.05) is 30.3 Å². The van der Waals surface area contributed by atoms with E-state index in [0.29, 0.717) is 55.4 Å². The van der Waals surface area contributed by atoms with Gasteiger partial charge in [-0.3, -0.25) is 4.79 Å². The van der Waals surface area contributed by atoms with Gasteiger partial charge in [0.05, 0.1) is 53.9 Å². The summed E-state index contributed by atoms with van der Waals surface area (Å²) in [5, 5.41) is 11.7. The van der Waals surface area contributed by atoms with Gasteiger partial charge in [0.1, 0.15) is 36.3 Å². The minimum atomic E-state index is -2.61. The van der Waals surface area contributed by atoms with Crippen LogP contribution in [0, 0.1) is 35.5 Å². The second-order valence-electron chi connectivity index (χ2n) is 31.7. The first-order chi connectivity index (χ1) is 38.5. The third-order valence-corrected chi connectivity index (χ3v) is 37.1. The van der Waals surface area contributed by atoms with Crippen molar-refractivity contribution in [1.82, 2.24) is 0 Å². The van der Waals surface area contributed by atoms with Crippen LogP contribution in [0.3, 0.4) is 0 Å². The Balaban J connectivity index is 1.35. The van der Waals surface area contributed by atoms with Gasteiger partial charge in [0, 0.05) is 23.7 Å². The van der Waals surface area contributed by atoms with Crippen molar-refractivity contribution in [3.63, 3.8) is 0 Å². The van der Waals surface area contributed by atoms with Crippen LogP contribution in [0.15, 0.2) is 54.6 Å². The zero-order chi connectivity index (χ0) is 61.4. The maximum atomic E-state index is 14.9. The van der Waals surface area contributed by atoms with E-state index in [-0.39, 0.29) is 87.2 Å². The van der Waals surface area contributed by atoms with Crippen molar-refractivity contribution < 1.29 is 51.7 Å². The number of ether oxygens (including phenoxy) is 5. The summed E-state index contributed by atoms with van der Waals surface area (Å²) in [6.45, 7) is 47.9. The van der Waals surface area contributed by atoms with Crippen molar-refractivity contribution in [3.8, 4) is 0 Å². The lowest BCUT2D eigenvalue weighted by Crippen LogP contribution is -2.69. The molecule has 1 aromatic rings. The van der Waals surface area contributed by atoms with Gasteiger partial charge in [-0.15, -0.1) is 0 Å². The molecule has 9 rings (SSSR count). The predicted molar refractivity (Wildman–Crippen MR) is 352 cm³/mol. The third-order valence-electron chi connectivity index (χ3n) is 22.4. The van der Waals surface area contributed by atoms with E-state index in [0.717, 1.165) is 61.4 Å². The number of aliphatic hydroxyl groups is 1. The predicted octanol–water partition coefficient (Wildman–Crippen LogP) is 16.6.